The van der Waals surface area contributed by atoms with Crippen molar-refractivity contribution in [1.29, 1.82) is 0 Å². The van der Waals surface area contributed by atoms with Crippen molar-refractivity contribution in [3.05, 3.63) is 58.7 Å². The Labute approximate surface area is 134 Å². The second-order valence-electron chi connectivity index (χ2n) is 5.67. The minimum Gasteiger partial charge on any atom is -0.493 e. The molecule has 116 valence electrons. The monoisotopic (exact) mass is 307 g/mol. The lowest BCUT2D eigenvalue weighted by molar-refractivity contribution is 0.105. The summed E-state index contributed by atoms with van der Waals surface area (Å²) in [7, 11) is 3.24. The van der Waals surface area contributed by atoms with Crippen molar-refractivity contribution in [2.75, 3.05) is 20.8 Å². The molecule has 0 spiro atoms. The molecule has 4 nitrogen and oxygen atoms in total. The predicted molar refractivity (Wildman–Crippen MR) is 88.8 cm³/mol. The molecule has 2 aliphatic rings. The Balaban J connectivity index is 1.97. The molecule has 0 bridgehead atoms. The molecule has 0 amide bonds. The number of nitrogens with one attached hydrogen (secondary N) is 1. The van der Waals surface area contributed by atoms with Crippen LogP contribution >= 0.6 is 0 Å². The number of ether oxygens (including phenoxy) is 2. The highest BCUT2D eigenvalue weighted by molar-refractivity contribution is 6.40. The van der Waals surface area contributed by atoms with Crippen molar-refractivity contribution in [3.63, 3.8) is 0 Å². The minimum atomic E-state index is 0.0680. The van der Waals surface area contributed by atoms with Gasteiger partial charge in [0.25, 0.3) is 0 Å². The van der Waals surface area contributed by atoms with E-state index in [0.717, 1.165) is 46.5 Å². The molecular formula is C19H17NO3. The molecule has 0 saturated heterocycles. The van der Waals surface area contributed by atoms with Gasteiger partial charge < -0.3 is 14.8 Å². The fraction of sp³-hybridized carbons (Fsp3) is 0.211. The third kappa shape index (κ3) is 1.95. The van der Waals surface area contributed by atoms with Crippen LogP contribution in [0.15, 0.2) is 36.4 Å². The van der Waals surface area contributed by atoms with Gasteiger partial charge in [0.05, 0.1) is 25.5 Å². The summed E-state index contributed by atoms with van der Waals surface area (Å²) in [6.45, 7) is 0.781. The highest BCUT2D eigenvalue weighted by Gasteiger charge is 2.33. The fourth-order valence-corrected chi connectivity index (χ4v) is 3.41. The molecule has 2 aromatic rings. The van der Waals surface area contributed by atoms with Gasteiger partial charge in [-0.3, -0.25) is 4.79 Å². The van der Waals surface area contributed by atoms with E-state index < -0.39 is 0 Å². The molecule has 1 heterocycles. The number of benzene rings is 2. The van der Waals surface area contributed by atoms with Gasteiger partial charge in [0.1, 0.15) is 0 Å². The number of hydrogen-bond acceptors (Lipinski definition) is 4. The zero-order valence-electron chi connectivity index (χ0n) is 13.1. The molecule has 0 radical (unpaired) electrons. The molecule has 0 saturated carbocycles. The number of Topliss-reactive ketones (excluding diaryl/α,β-unsaturated/α-hetero) is 1. The van der Waals surface area contributed by atoms with E-state index in [1.54, 1.807) is 14.2 Å². The van der Waals surface area contributed by atoms with Crippen molar-refractivity contribution in [3.8, 4) is 11.5 Å². The van der Waals surface area contributed by atoms with Gasteiger partial charge in [0, 0.05) is 17.7 Å². The highest BCUT2D eigenvalue weighted by Crippen LogP contribution is 2.42. The first-order chi connectivity index (χ1) is 11.2. The van der Waals surface area contributed by atoms with E-state index in [9.17, 15) is 4.79 Å². The maximum Gasteiger partial charge on any atom is 0.196 e. The molecule has 0 atom stereocenters. The van der Waals surface area contributed by atoms with E-state index >= 15 is 0 Å². The Morgan fingerprint density at radius 2 is 1.65 bits per heavy atom. The van der Waals surface area contributed by atoms with Crippen LogP contribution in [-0.4, -0.2) is 26.5 Å². The van der Waals surface area contributed by atoms with Crippen molar-refractivity contribution in [2.45, 2.75) is 6.42 Å². The van der Waals surface area contributed by atoms with Gasteiger partial charge in [0.2, 0.25) is 0 Å². The molecule has 23 heavy (non-hydrogen) atoms. The van der Waals surface area contributed by atoms with Gasteiger partial charge in [-0.15, -0.1) is 0 Å². The number of carbonyl (C=O) groups excluding carboxylic acids is 1. The second kappa shape index (κ2) is 5.16. The summed E-state index contributed by atoms with van der Waals surface area (Å²) in [6, 6.07) is 11.6. The van der Waals surface area contributed by atoms with Crippen LogP contribution in [0, 0.1) is 0 Å². The van der Waals surface area contributed by atoms with E-state index in [1.165, 1.54) is 0 Å². The van der Waals surface area contributed by atoms with Gasteiger partial charge in [-0.25, -0.2) is 0 Å². The molecule has 0 aromatic heterocycles. The van der Waals surface area contributed by atoms with E-state index in [4.69, 9.17) is 9.47 Å². The second-order valence-corrected chi connectivity index (χ2v) is 5.67. The number of allylic oxidation sites excluding steroid dienone is 1. The average molecular weight is 307 g/mol. The van der Waals surface area contributed by atoms with Gasteiger partial charge in [0.15, 0.2) is 17.3 Å². The molecule has 1 aliphatic heterocycles. The van der Waals surface area contributed by atoms with Crippen molar-refractivity contribution >= 4 is 17.1 Å². The SMILES string of the molecule is COc1cc2c(cc1OC)C1=C(NCC2)c2ccccc2C1=O. The summed E-state index contributed by atoms with van der Waals surface area (Å²) in [6.07, 6.45) is 0.831. The maximum atomic E-state index is 12.9. The van der Waals surface area contributed by atoms with Gasteiger partial charge >= 0.3 is 0 Å². The lowest BCUT2D eigenvalue weighted by atomic mass is 9.95. The normalized spacial score (nSPS) is 15.3. The van der Waals surface area contributed by atoms with E-state index in [-0.39, 0.29) is 5.78 Å². The molecule has 0 fully saturated rings. The Morgan fingerprint density at radius 1 is 0.957 bits per heavy atom. The zero-order valence-corrected chi connectivity index (χ0v) is 13.1. The Hall–Kier alpha value is -2.75. The summed E-state index contributed by atoms with van der Waals surface area (Å²) >= 11 is 0. The lowest BCUT2D eigenvalue weighted by Crippen LogP contribution is -2.13. The van der Waals surface area contributed by atoms with Crippen molar-refractivity contribution in [1.82, 2.24) is 5.32 Å². The van der Waals surface area contributed by atoms with E-state index in [1.807, 2.05) is 36.4 Å². The van der Waals surface area contributed by atoms with Gasteiger partial charge in [-0.05, 0) is 29.7 Å². The number of rotatable bonds is 2. The predicted octanol–water partition coefficient (Wildman–Crippen LogP) is 2.91. The first-order valence-corrected chi connectivity index (χ1v) is 7.62. The van der Waals surface area contributed by atoms with E-state index in [2.05, 4.69) is 5.32 Å². The fourth-order valence-electron chi connectivity index (χ4n) is 3.41. The van der Waals surface area contributed by atoms with Crippen LogP contribution in [-0.2, 0) is 6.42 Å². The van der Waals surface area contributed by atoms with Gasteiger partial charge in [-0.2, -0.15) is 0 Å². The van der Waals surface area contributed by atoms with E-state index in [0.29, 0.717) is 11.5 Å². The smallest absolute Gasteiger partial charge is 0.196 e. The Bertz CT molecular complexity index is 852. The molecule has 4 rings (SSSR count). The third-order valence-electron chi connectivity index (χ3n) is 4.49. The van der Waals surface area contributed by atoms with Crippen LogP contribution in [0.4, 0.5) is 0 Å². The molecule has 1 aliphatic carbocycles. The van der Waals surface area contributed by atoms with Crippen LogP contribution in [0.3, 0.4) is 0 Å². The summed E-state index contributed by atoms with van der Waals surface area (Å²) in [5.74, 6) is 1.40. The maximum absolute atomic E-state index is 12.9. The highest BCUT2D eigenvalue weighted by atomic mass is 16.5. The van der Waals surface area contributed by atoms with Crippen molar-refractivity contribution < 1.29 is 14.3 Å². The topological polar surface area (TPSA) is 47.6 Å². The number of carbonyl (C=O) groups is 1. The zero-order chi connectivity index (χ0) is 16.0. The van der Waals surface area contributed by atoms with Crippen molar-refractivity contribution in [2.24, 2.45) is 0 Å². The number of methoxy groups -OCH3 is 2. The number of hydrogen-bond donors (Lipinski definition) is 1. The molecular weight excluding hydrogens is 290 g/mol. The first-order valence-electron chi connectivity index (χ1n) is 7.62. The standard InChI is InChI=1S/C19H17NO3/c1-22-15-9-11-7-8-20-18-12-5-3-4-6-13(12)19(21)17(18)14(11)10-16(15)23-2/h3-6,9-10,20H,7-8H2,1-2H3. The molecule has 4 heteroatoms. The van der Waals surface area contributed by atoms with Crippen LogP contribution < -0.4 is 14.8 Å². The number of fused-ring (bicyclic) bond motifs is 4. The van der Waals surface area contributed by atoms with Crippen LogP contribution in [0.25, 0.3) is 11.3 Å². The van der Waals surface area contributed by atoms with Crippen LogP contribution in [0.5, 0.6) is 11.5 Å². The Kier molecular flexibility index (Phi) is 3.11. The quantitative estimate of drug-likeness (QED) is 0.927. The summed E-state index contributed by atoms with van der Waals surface area (Å²) < 4.78 is 10.8. The summed E-state index contributed by atoms with van der Waals surface area (Å²) in [4.78, 5) is 12.9. The summed E-state index contributed by atoms with van der Waals surface area (Å²) in [5, 5.41) is 3.43. The average Bonchev–Trinajstić information content (AvgIpc) is 2.76. The van der Waals surface area contributed by atoms with Crippen LogP contribution in [0.1, 0.15) is 27.0 Å². The molecule has 0 unspecified atom stereocenters. The minimum absolute atomic E-state index is 0.0680. The molecule has 1 N–H and O–H groups in total. The Morgan fingerprint density at radius 3 is 2.39 bits per heavy atom. The number of ketones is 1. The lowest BCUT2D eigenvalue weighted by Gasteiger charge is -2.14. The molecule has 2 aromatic carbocycles. The largest absolute Gasteiger partial charge is 0.493 e. The summed E-state index contributed by atoms with van der Waals surface area (Å²) in [5.41, 5.74) is 5.43. The first kappa shape index (κ1) is 13.9. The van der Waals surface area contributed by atoms with Crippen LogP contribution in [0.2, 0.25) is 0 Å². The third-order valence-corrected chi connectivity index (χ3v) is 4.49. The van der Waals surface area contributed by atoms with Gasteiger partial charge in [-0.1, -0.05) is 24.3 Å².